The molecule has 0 aromatic heterocycles. The largest absolute Gasteiger partial charge is 0.351 e. The summed E-state index contributed by atoms with van der Waals surface area (Å²) in [6.07, 6.45) is 1.91. The van der Waals surface area contributed by atoms with Gasteiger partial charge in [0.1, 0.15) is 11.9 Å². The first kappa shape index (κ1) is 19.8. The average Bonchev–Trinajstić information content (AvgIpc) is 2.67. The van der Waals surface area contributed by atoms with Crippen molar-refractivity contribution in [2.45, 2.75) is 36.7 Å². The zero-order valence-corrected chi connectivity index (χ0v) is 16.1. The molecule has 2 aromatic rings. The van der Waals surface area contributed by atoms with Crippen molar-refractivity contribution in [3.8, 4) is 0 Å². The summed E-state index contributed by atoms with van der Waals surface area (Å²) in [7, 11) is -3.87. The van der Waals surface area contributed by atoms with Crippen LogP contribution in [0.1, 0.15) is 24.8 Å². The first-order valence-electron chi connectivity index (χ1n) is 8.67. The van der Waals surface area contributed by atoms with Crippen LogP contribution in [0.15, 0.2) is 53.4 Å². The van der Waals surface area contributed by atoms with Gasteiger partial charge in [-0.2, -0.15) is 4.31 Å². The summed E-state index contributed by atoms with van der Waals surface area (Å²) in [5.74, 6) is -0.847. The van der Waals surface area contributed by atoms with Gasteiger partial charge >= 0.3 is 0 Å². The van der Waals surface area contributed by atoms with E-state index in [-0.39, 0.29) is 23.9 Å². The van der Waals surface area contributed by atoms with Crippen molar-refractivity contribution in [1.82, 2.24) is 9.62 Å². The molecule has 1 fully saturated rings. The summed E-state index contributed by atoms with van der Waals surface area (Å²) in [5, 5.41) is 3.41. The lowest BCUT2D eigenvalue weighted by Crippen LogP contribution is -2.51. The number of halogens is 2. The van der Waals surface area contributed by atoms with Gasteiger partial charge in [-0.3, -0.25) is 4.79 Å². The van der Waals surface area contributed by atoms with Crippen LogP contribution < -0.4 is 5.32 Å². The molecule has 1 aliphatic rings. The Bertz CT molecular complexity index is 902. The number of hydrogen-bond acceptors (Lipinski definition) is 3. The number of amides is 1. The van der Waals surface area contributed by atoms with Crippen molar-refractivity contribution in [2.75, 3.05) is 6.54 Å². The standard InChI is InChI=1S/C19H20ClFN2O3S/c20-15-6-4-14(5-7-15)13-22-19(24)18-3-1-2-12-23(18)27(25,26)17-10-8-16(21)9-11-17/h4-11,18H,1-3,12-13H2,(H,22,24). The van der Waals surface area contributed by atoms with Gasteiger partial charge in [-0.25, -0.2) is 12.8 Å². The highest BCUT2D eigenvalue weighted by atomic mass is 35.5. The average molecular weight is 411 g/mol. The SMILES string of the molecule is O=C(NCc1ccc(Cl)cc1)C1CCCCN1S(=O)(=O)c1ccc(F)cc1. The Balaban J connectivity index is 1.75. The van der Waals surface area contributed by atoms with E-state index in [1.807, 2.05) is 0 Å². The number of benzene rings is 2. The Morgan fingerprint density at radius 1 is 1.11 bits per heavy atom. The first-order valence-corrected chi connectivity index (χ1v) is 10.5. The zero-order chi connectivity index (χ0) is 19.4. The minimum Gasteiger partial charge on any atom is -0.351 e. The first-order chi connectivity index (χ1) is 12.9. The molecule has 2 aromatic carbocycles. The second-order valence-electron chi connectivity index (χ2n) is 6.43. The van der Waals surface area contributed by atoms with Crippen LogP contribution >= 0.6 is 11.6 Å². The van der Waals surface area contributed by atoms with E-state index in [1.54, 1.807) is 24.3 Å². The topological polar surface area (TPSA) is 66.5 Å². The van der Waals surface area contributed by atoms with Gasteiger partial charge in [-0.15, -0.1) is 0 Å². The second kappa shape index (κ2) is 8.37. The molecule has 144 valence electrons. The number of hydrogen-bond donors (Lipinski definition) is 1. The molecule has 0 aliphatic carbocycles. The Morgan fingerprint density at radius 2 is 1.78 bits per heavy atom. The molecule has 0 radical (unpaired) electrons. The third kappa shape index (κ3) is 4.66. The highest BCUT2D eigenvalue weighted by Gasteiger charge is 2.37. The molecule has 27 heavy (non-hydrogen) atoms. The van der Waals surface area contributed by atoms with E-state index in [1.165, 1.54) is 16.4 Å². The third-order valence-electron chi connectivity index (χ3n) is 4.56. The number of nitrogens with one attached hydrogen (secondary N) is 1. The minimum atomic E-state index is -3.87. The van der Waals surface area contributed by atoms with Gasteiger partial charge in [-0.05, 0) is 54.8 Å². The fraction of sp³-hybridized carbons (Fsp3) is 0.316. The Hall–Kier alpha value is -1.96. The lowest BCUT2D eigenvalue weighted by atomic mass is 10.0. The molecule has 3 rings (SSSR count). The fourth-order valence-electron chi connectivity index (χ4n) is 3.11. The highest BCUT2D eigenvalue weighted by molar-refractivity contribution is 7.89. The zero-order valence-electron chi connectivity index (χ0n) is 14.6. The summed E-state index contributed by atoms with van der Waals surface area (Å²) >= 11 is 5.85. The van der Waals surface area contributed by atoms with E-state index in [0.29, 0.717) is 17.9 Å². The summed E-state index contributed by atoms with van der Waals surface area (Å²) in [6, 6.07) is 10.9. The quantitative estimate of drug-likeness (QED) is 0.822. The Labute approximate surface area is 163 Å². The molecule has 1 atom stereocenters. The van der Waals surface area contributed by atoms with Crippen LogP contribution in [0.4, 0.5) is 4.39 Å². The summed E-state index contributed by atoms with van der Waals surface area (Å²) in [5.41, 5.74) is 0.872. The van der Waals surface area contributed by atoms with Gasteiger partial charge in [0.25, 0.3) is 0 Å². The molecule has 5 nitrogen and oxygen atoms in total. The molecule has 1 amide bonds. The van der Waals surface area contributed by atoms with Crippen molar-refractivity contribution < 1.29 is 17.6 Å². The lowest BCUT2D eigenvalue weighted by Gasteiger charge is -2.33. The van der Waals surface area contributed by atoms with E-state index in [2.05, 4.69) is 5.32 Å². The summed E-state index contributed by atoms with van der Waals surface area (Å²) < 4.78 is 40.2. The smallest absolute Gasteiger partial charge is 0.243 e. The van der Waals surface area contributed by atoms with Crippen LogP contribution in [0.3, 0.4) is 0 Å². The fourth-order valence-corrected chi connectivity index (χ4v) is 4.89. The number of sulfonamides is 1. The van der Waals surface area contributed by atoms with E-state index in [9.17, 15) is 17.6 Å². The molecule has 0 bridgehead atoms. The molecule has 1 N–H and O–H groups in total. The number of piperidine rings is 1. The van der Waals surface area contributed by atoms with Crippen molar-refractivity contribution in [3.05, 3.63) is 64.9 Å². The van der Waals surface area contributed by atoms with Crippen molar-refractivity contribution >= 4 is 27.5 Å². The summed E-state index contributed by atoms with van der Waals surface area (Å²) in [6.45, 7) is 0.551. The van der Waals surface area contributed by atoms with Crippen LogP contribution in [0.2, 0.25) is 5.02 Å². The molecular formula is C19H20ClFN2O3S. The second-order valence-corrected chi connectivity index (χ2v) is 8.75. The van der Waals surface area contributed by atoms with Crippen LogP contribution in [-0.2, 0) is 21.4 Å². The van der Waals surface area contributed by atoms with Gasteiger partial charge in [-0.1, -0.05) is 30.2 Å². The van der Waals surface area contributed by atoms with Gasteiger partial charge in [0, 0.05) is 18.1 Å². The number of carbonyl (C=O) groups excluding carboxylic acids is 1. The summed E-state index contributed by atoms with van der Waals surface area (Å²) in [4.78, 5) is 12.7. The molecule has 1 aliphatic heterocycles. The molecular weight excluding hydrogens is 391 g/mol. The maximum absolute atomic E-state index is 13.1. The maximum atomic E-state index is 13.1. The Kier molecular flexibility index (Phi) is 6.14. The highest BCUT2D eigenvalue weighted by Crippen LogP contribution is 2.26. The van der Waals surface area contributed by atoms with Gasteiger partial charge in [0.05, 0.1) is 4.90 Å². The Morgan fingerprint density at radius 3 is 2.44 bits per heavy atom. The normalized spacial score (nSPS) is 18.2. The number of nitrogens with zero attached hydrogens (tertiary/aromatic N) is 1. The minimum absolute atomic E-state index is 0.0127. The maximum Gasteiger partial charge on any atom is 0.243 e. The molecule has 0 saturated carbocycles. The molecule has 1 heterocycles. The van der Waals surface area contributed by atoms with Crippen LogP contribution in [0, 0.1) is 5.82 Å². The molecule has 8 heteroatoms. The van der Waals surface area contributed by atoms with E-state index >= 15 is 0 Å². The van der Waals surface area contributed by atoms with E-state index < -0.39 is 21.9 Å². The van der Waals surface area contributed by atoms with Crippen LogP contribution in [-0.4, -0.2) is 31.2 Å². The predicted octanol–water partition coefficient (Wildman–Crippen LogP) is 3.34. The van der Waals surface area contributed by atoms with Crippen molar-refractivity contribution in [3.63, 3.8) is 0 Å². The van der Waals surface area contributed by atoms with Gasteiger partial charge in [0.15, 0.2) is 0 Å². The molecule has 1 saturated heterocycles. The number of rotatable bonds is 5. The third-order valence-corrected chi connectivity index (χ3v) is 6.73. The van der Waals surface area contributed by atoms with Crippen molar-refractivity contribution in [1.29, 1.82) is 0 Å². The van der Waals surface area contributed by atoms with Crippen molar-refractivity contribution in [2.24, 2.45) is 0 Å². The van der Waals surface area contributed by atoms with Gasteiger partial charge in [0.2, 0.25) is 15.9 Å². The molecule has 1 unspecified atom stereocenters. The van der Waals surface area contributed by atoms with E-state index in [0.717, 1.165) is 24.1 Å². The number of carbonyl (C=O) groups is 1. The van der Waals surface area contributed by atoms with Crippen LogP contribution in [0.25, 0.3) is 0 Å². The lowest BCUT2D eigenvalue weighted by molar-refractivity contribution is -0.125. The van der Waals surface area contributed by atoms with Gasteiger partial charge < -0.3 is 5.32 Å². The molecule has 0 spiro atoms. The van der Waals surface area contributed by atoms with E-state index in [4.69, 9.17) is 11.6 Å². The van der Waals surface area contributed by atoms with Crippen LogP contribution in [0.5, 0.6) is 0 Å². The predicted molar refractivity (Wildman–Crippen MR) is 101 cm³/mol. The monoisotopic (exact) mass is 410 g/mol.